The monoisotopic (exact) mass is 216 g/mol. The van der Waals surface area contributed by atoms with E-state index in [2.05, 4.69) is 0 Å². The van der Waals surface area contributed by atoms with Crippen LogP contribution in [0, 0.1) is 5.92 Å². The van der Waals surface area contributed by atoms with E-state index in [0.29, 0.717) is 18.3 Å². The van der Waals surface area contributed by atoms with Crippen molar-refractivity contribution in [3.8, 4) is 5.75 Å². The topological polar surface area (TPSA) is 9.23 Å². The van der Waals surface area contributed by atoms with Crippen LogP contribution in [0.3, 0.4) is 0 Å². The van der Waals surface area contributed by atoms with Crippen LogP contribution in [0.15, 0.2) is 24.3 Å². The lowest BCUT2D eigenvalue weighted by Gasteiger charge is -2.09. The van der Waals surface area contributed by atoms with Gasteiger partial charge < -0.3 is 4.74 Å². The van der Waals surface area contributed by atoms with E-state index in [-0.39, 0.29) is 0 Å². The van der Waals surface area contributed by atoms with Gasteiger partial charge in [-0.3, -0.25) is 0 Å². The van der Waals surface area contributed by atoms with Crippen molar-refractivity contribution in [2.75, 3.05) is 6.61 Å². The van der Waals surface area contributed by atoms with E-state index in [1.54, 1.807) is 6.07 Å². The van der Waals surface area contributed by atoms with Crippen LogP contribution in [-0.4, -0.2) is 6.61 Å². The van der Waals surface area contributed by atoms with Gasteiger partial charge in [0, 0.05) is 0 Å². The minimum absolute atomic E-state index is 0.303. The molecule has 0 spiro atoms. The lowest BCUT2D eigenvalue weighted by molar-refractivity contribution is -0.137. The van der Waals surface area contributed by atoms with Crippen molar-refractivity contribution in [2.24, 2.45) is 5.92 Å². The summed E-state index contributed by atoms with van der Waals surface area (Å²) < 4.78 is 42.2. The van der Waals surface area contributed by atoms with Gasteiger partial charge in [-0.05, 0) is 37.0 Å². The maximum absolute atomic E-state index is 12.3. The maximum atomic E-state index is 12.3. The fourth-order valence-corrected chi connectivity index (χ4v) is 1.26. The molecule has 1 fully saturated rings. The summed E-state index contributed by atoms with van der Waals surface area (Å²) in [5, 5.41) is 0. The average molecular weight is 216 g/mol. The molecule has 0 N–H and O–H groups in total. The van der Waals surface area contributed by atoms with E-state index in [1.807, 2.05) is 0 Å². The van der Waals surface area contributed by atoms with Crippen LogP contribution in [-0.2, 0) is 6.18 Å². The highest BCUT2D eigenvalue weighted by Gasteiger charge is 2.30. The highest BCUT2D eigenvalue weighted by Crippen LogP contribution is 2.33. The fraction of sp³-hybridized carbons (Fsp3) is 0.455. The molecule has 1 nitrogen and oxygen atoms in total. The Hall–Kier alpha value is -1.19. The van der Waals surface area contributed by atoms with Crippen molar-refractivity contribution in [3.05, 3.63) is 29.8 Å². The highest BCUT2D eigenvalue weighted by atomic mass is 19.4. The second-order valence-corrected chi connectivity index (χ2v) is 3.78. The molecule has 4 heteroatoms. The van der Waals surface area contributed by atoms with Crippen LogP contribution in [0.1, 0.15) is 18.4 Å². The Morgan fingerprint density at radius 2 is 2.00 bits per heavy atom. The van der Waals surface area contributed by atoms with E-state index in [4.69, 9.17) is 4.74 Å². The molecule has 2 rings (SSSR count). The largest absolute Gasteiger partial charge is 0.493 e. The second-order valence-electron chi connectivity index (χ2n) is 3.78. The van der Waals surface area contributed by atoms with E-state index >= 15 is 0 Å². The molecule has 1 aromatic carbocycles. The van der Waals surface area contributed by atoms with Gasteiger partial charge in [0.1, 0.15) is 5.75 Å². The average Bonchev–Trinajstić information content (AvgIpc) is 2.97. The third-order valence-corrected chi connectivity index (χ3v) is 2.34. The normalized spacial score (nSPS) is 16.5. The summed E-state index contributed by atoms with van der Waals surface area (Å²) in [6.07, 6.45) is -2.04. The summed E-state index contributed by atoms with van der Waals surface area (Å²) in [6, 6.07) is 5.01. The molecule has 0 heterocycles. The summed E-state index contributed by atoms with van der Waals surface area (Å²) >= 11 is 0. The second kappa shape index (κ2) is 3.76. The molecular weight excluding hydrogens is 205 g/mol. The number of halogens is 3. The Morgan fingerprint density at radius 1 is 1.27 bits per heavy atom. The molecule has 0 amide bonds. The summed E-state index contributed by atoms with van der Waals surface area (Å²) in [7, 11) is 0. The number of hydrogen-bond donors (Lipinski definition) is 0. The summed E-state index contributed by atoms with van der Waals surface area (Å²) in [4.78, 5) is 0. The number of rotatable bonds is 3. The lowest BCUT2D eigenvalue weighted by atomic mass is 10.2. The van der Waals surface area contributed by atoms with Crippen molar-refractivity contribution in [1.29, 1.82) is 0 Å². The molecule has 0 bridgehead atoms. The molecule has 82 valence electrons. The van der Waals surface area contributed by atoms with Gasteiger partial charge in [0.2, 0.25) is 0 Å². The zero-order valence-corrected chi connectivity index (χ0v) is 8.05. The first-order chi connectivity index (χ1) is 7.05. The van der Waals surface area contributed by atoms with E-state index in [1.165, 1.54) is 6.07 Å². The van der Waals surface area contributed by atoms with Gasteiger partial charge in [0.15, 0.2) is 0 Å². The number of benzene rings is 1. The van der Waals surface area contributed by atoms with Crippen molar-refractivity contribution in [1.82, 2.24) is 0 Å². The standard InChI is InChI=1S/C11H11F3O/c12-11(13,14)9-2-1-3-10(6-9)15-7-8-4-5-8/h1-3,6,8H,4-5,7H2. The van der Waals surface area contributed by atoms with Gasteiger partial charge in [0.05, 0.1) is 12.2 Å². The van der Waals surface area contributed by atoms with Crippen molar-refractivity contribution < 1.29 is 17.9 Å². The number of ether oxygens (including phenoxy) is 1. The maximum Gasteiger partial charge on any atom is 0.416 e. The van der Waals surface area contributed by atoms with Crippen LogP contribution in [0.5, 0.6) is 5.75 Å². The Balaban J connectivity index is 2.04. The smallest absolute Gasteiger partial charge is 0.416 e. The molecule has 1 saturated carbocycles. The summed E-state index contributed by atoms with van der Waals surface area (Å²) in [5.74, 6) is 0.844. The molecule has 0 atom stereocenters. The molecule has 1 aliphatic rings. The van der Waals surface area contributed by atoms with Crippen molar-refractivity contribution >= 4 is 0 Å². The van der Waals surface area contributed by atoms with E-state index in [9.17, 15) is 13.2 Å². The Kier molecular flexibility index (Phi) is 2.59. The Labute approximate surface area is 85.9 Å². The molecule has 0 radical (unpaired) electrons. The SMILES string of the molecule is FC(F)(F)c1cccc(OCC2CC2)c1. The Bertz CT molecular complexity index is 342. The van der Waals surface area contributed by atoms with Crippen LogP contribution in [0.4, 0.5) is 13.2 Å². The van der Waals surface area contributed by atoms with Crippen molar-refractivity contribution in [3.63, 3.8) is 0 Å². The summed E-state index contributed by atoms with van der Waals surface area (Å²) in [5.41, 5.74) is -0.657. The first-order valence-electron chi connectivity index (χ1n) is 4.86. The Morgan fingerprint density at radius 3 is 2.60 bits per heavy atom. The van der Waals surface area contributed by atoms with Gasteiger partial charge in [0.25, 0.3) is 0 Å². The van der Waals surface area contributed by atoms with Gasteiger partial charge in [-0.25, -0.2) is 0 Å². The van der Waals surface area contributed by atoms with Crippen molar-refractivity contribution in [2.45, 2.75) is 19.0 Å². The molecule has 1 aromatic rings. The predicted octanol–water partition coefficient (Wildman–Crippen LogP) is 3.49. The van der Waals surface area contributed by atoms with Gasteiger partial charge >= 0.3 is 6.18 Å². The van der Waals surface area contributed by atoms with Gasteiger partial charge in [-0.2, -0.15) is 13.2 Å². The minimum atomic E-state index is -4.29. The zero-order valence-electron chi connectivity index (χ0n) is 8.05. The van der Waals surface area contributed by atoms with Crippen LogP contribution < -0.4 is 4.74 Å². The highest BCUT2D eigenvalue weighted by molar-refractivity contribution is 5.30. The molecular formula is C11H11F3O. The van der Waals surface area contributed by atoms with Crippen LogP contribution in [0.25, 0.3) is 0 Å². The lowest BCUT2D eigenvalue weighted by Crippen LogP contribution is -2.06. The predicted molar refractivity (Wildman–Crippen MR) is 49.7 cm³/mol. The first-order valence-corrected chi connectivity index (χ1v) is 4.86. The molecule has 0 saturated heterocycles. The molecule has 15 heavy (non-hydrogen) atoms. The quantitative estimate of drug-likeness (QED) is 0.751. The number of hydrogen-bond acceptors (Lipinski definition) is 1. The molecule has 0 aliphatic heterocycles. The van der Waals surface area contributed by atoms with E-state index < -0.39 is 11.7 Å². The van der Waals surface area contributed by atoms with E-state index in [0.717, 1.165) is 25.0 Å². The third-order valence-electron chi connectivity index (χ3n) is 2.34. The van der Waals surface area contributed by atoms with Crippen LogP contribution in [0.2, 0.25) is 0 Å². The third kappa shape index (κ3) is 2.88. The first kappa shape index (κ1) is 10.3. The molecule has 0 aromatic heterocycles. The fourth-order valence-electron chi connectivity index (χ4n) is 1.26. The van der Waals surface area contributed by atoms with Gasteiger partial charge in [-0.15, -0.1) is 0 Å². The molecule has 1 aliphatic carbocycles. The minimum Gasteiger partial charge on any atom is -0.493 e. The van der Waals surface area contributed by atoms with Crippen LogP contribution >= 0.6 is 0 Å². The van der Waals surface area contributed by atoms with Gasteiger partial charge in [-0.1, -0.05) is 6.07 Å². The zero-order chi connectivity index (χ0) is 10.9. The summed E-state index contributed by atoms with van der Waals surface area (Å²) in [6.45, 7) is 0.529. The molecule has 0 unspecified atom stereocenters. The number of alkyl halides is 3.